The second kappa shape index (κ2) is 12.4. The number of furan rings is 1. The van der Waals surface area contributed by atoms with Crippen LogP contribution < -0.4 is 4.90 Å². The Labute approximate surface area is 348 Å². The van der Waals surface area contributed by atoms with Crippen molar-refractivity contribution >= 4 is 60.5 Å². The van der Waals surface area contributed by atoms with Crippen LogP contribution in [-0.2, 0) is 5.41 Å². The summed E-state index contributed by atoms with van der Waals surface area (Å²) < 4.78 is 7.08. The summed E-state index contributed by atoms with van der Waals surface area (Å²) in [5.41, 5.74) is 18.5. The van der Waals surface area contributed by atoms with E-state index in [0.717, 1.165) is 44.6 Å². The Morgan fingerprint density at radius 1 is 0.383 bits per heavy atom. The molecule has 1 spiro atoms. The molecule has 0 unspecified atom stereocenters. The Bertz CT molecular complexity index is 3500. The first-order valence-corrected chi connectivity index (χ1v) is 20.8. The Balaban J connectivity index is 1.11. The van der Waals surface area contributed by atoms with Gasteiger partial charge in [0.2, 0.25) is 0 Å². The van der Waals surface area contributed by atoms with Crippen molar-refractivity contribution < 1.29 is 4.42 Å². The standard InChI is InChI=1S/C58H37NO/c1-36-14-12-24-49-55-44-19-5-3-16-39(44)34-54(57(55)60-56(36)49)59(40-30-28-38(29-31-40)43-23-13-17-37-15-2-4-18-42(37)43)41-32-33-48-47-22-8-11-27-52(47)58(53(48)35-41)50-25-9-6-20-45(50)46-21-7-10-26-51(46)58/h2-35H,1H3. The van der Waals surface area contributed by atoms with Gasteiger partial charge >= 0.3 is 0 Å². The SMILES string of the molecule is Cc1cccc2c1oc1c(N(c3ccc(-c4cccc5ccccc45)cc3)c3ccc4c(c3)C3(c5ccccc5-c5ccccc53)c3ccccc3-4)cc3ccccc3c12. The fraction of sp³-hybridized carbons (Fsp3) is 0.0345. The zero-order chi connectivity index (χ0) is 39.5. The van der Waals surface area contributed by atoms with Crippen LogP contribution in [0.4, 0.5) is 17.1 Å². The molecule has 10 aromatic carbocycles. The molecule has 280 valence electrons. The van der Waals surface area contributed by atoms with Crippen molar-refractivity contribution in [3.8, 4) is 33.4 Å². The maximum absolute atomic E-state index is 7.08. The highest BCUT2D eigenvalue weighted by Gasteiger charge is 2.51. The van der Waals surface area contributed by atoms with Crippen molar-refractivity contribution in [1.29, 1.82) is 0 Å². The van der Waals surface area contributed by atoms with E-state index >= 15 is 0 Å². The van der Waals surface area contributed by atoms with Crippen LogP contribution in [0.15, 0.2) is 211 Å². The quantitative estimate of drug-likeness (QED) is 0.177. The molecule has 0 fully saturated rings. The van der Waals surface area contributed by atoms with Gasteiger partial charge in [-0.1, -0.05) is 176 Å². The van der Waals surface area contributed by atoms with E-state index in [1.165, 1.54) is 77.2 Å². The van der Waals surface area contributed by atoms with Crippen LogP contribution in [0.2, 0.25) is 0 Å². The van der Waals surface area contributed by atoms with Gasteiger partial charge in [0.1, 0.15) is 5.58 Å². The van der Waals surface area contributed by atoms with Gasteiger partial charge in [-0.3, -0.25) is 0 Å². The summed E-state index contributed by atoms with van der Waals surface area (Å²) in [6.45, 7) is 2.14. The van der Waals surface area contributed by atoms with Gasteiger partial charge in [0.05, 0.1) is 11.1 Å². The molecule has 0 amide bonds. The lowest BCUT2D eigenvalue weighted by Gasteiger charge is -2.32. The van der Waals surface area contributed by atoms with E-state index < -0.39 is 5.41 Å². The molecule has 0 N–H and O–H groups in total. The van der Waals surface area contributed by atoms with Gasteiger partial charge < -0.3 is 9.32 Å². The Hall–Kier alpha value is -7.68. The summed E-state index contributed by atoms with van der Waals surface area (Å²) in [7, 11) is 0. The van der Waals surface area contributed by atoms with Crippen molar-refractivity contribution in [1.82, 2.24) is 0 Å². The molecule has 0 bridgehead atoms. The van der Waals surface area contributed by atoms with Crippen LogP contribution in [0.25, 0.3) is 76.9 Å². The van der Waals surface area contributed by atoms with Crippen molar-refractivity contribution in [3.63, 3.8) is 0 Å². The average molecular weight is 764 g/mol. The normalized spacial score (nSPS) is 13.2. The van der Waals surface area contributed by atoms with Gasteiger partial charge in [-0.15, -0.1) is 0 Å². The highest BCUT2D eigenvalue weighted by Crippen LogP contribution is 2.63. The van der Waals surface area contributed by atoms with E-state index in [4.69, 9.17) is 4.42 Å². The van der Waals surface area contributed by atoms with Crippen molar-refractivity contribution in [3.05, 3.63) is 234 Å². The molecule has 0 atom stereocenters. The maximum Gasteiger partial charge on any atom is 0.160 e. The van der Waals surface area contributed by atoms with Gasteiger partial charge in [0.25, 0.3) is 0 Å². The largest absolute Gasteiger partial charge is 0.454 e. The van der Waals surface area contributed by atoms with Crippen molar-refractivity contribution in [2.75, 3.05) is 4.90 Å². The van der Waals surface area contributed by atoms with Gasteiger partial charge in [-0.05, 0) is 120 Å². The minimum absolute atomic E-state index is 0.464. The number of anilines is 3. The first-order chi connectivity index (χ1) is 29.7. The second-order valence-electron chi connectivity index (χ2n) is 16.4. The molecule has 0 saturated carbocycles. The van der Waals surface area contributed by atoms with Crippen LogP contribution in [0.3, 0.4) is 0 Å². The molecule has 1 heterocycles. The van der Waals surface area contributed by atoms with Crippen LogP contribution >= 0.6 is 0 Å². The van der Waals surface area contributed by atoms with E-state index in [-0.39, 0.29) is 0 Å². The van der Waals surface area contributed by atoms with E-state index in [1.807, 2.05) is 0 Å². The van der Waals surface area contributed by atoms with Gasteiger partial charge in [0.15, 0.2) is 5.58 Å². The first-order valence-electron chi connectivity index (χ1n) is 20.8. The van der Waals surface area contributed by atoms with E-state index in [1.54, 1.807) is 0 Å². The summed E-state index contributed by atoms with van der Waals surface area (Å²) in [5, 5.41) is 7.13. The molecule has 11 aromatic rings. The third-order valence-corrected chi connectivity index (χ3v) is 13.4. The molecular formula is C58H37NO. The number of hydrogen-bond acceptors (Lipinski definition) is 2. The minimum atomic E-state index is -0.464. The number of nitrogens with zero attached hydrogens (tertiary/aromatic N) is 1. The smallest absolute Gasteiger partial charge is 0.160 e. The van der Waals surface area contributed by atoms with E-state index in [9.17, 15) is 0 Å². The van der Waals surface area contributed by atoms with Gasteiger partial charge in [0, 0.05) is 22.1 Å². The van der Waals surface area contributed by atoms with Crippen molar-refractivity contribution in [2.45, 2.75) is 12.3 Å². The predicted molar refractivity (Wildman–Crippen MR) is 250 cm³/mol. The Kier molecular flexibility index (Phi) is 6.89. The highest BCUT2D eigenvalue weighted by atomic mass is 16.3. The number of rotatable bonds is 4. The molecule has 60 heavy (non-hydrogen) atoms. The fourth-order valence-electron chi connectivity index (χ4n) is 10.9. The van der Waals surface area contributed by atoms with E-state index in [0.29, 0.717) is 0 Å². The Morgan fingerprint density at radius 2 is 0.917 bits per heavy atom. The van der Waals surface area contributed by atoms with Gasteiger partial charge in [-0.2, -0.15) is 0 Å². The molecule has 0 radical (unpaired) electrons. The molecule has 1 aromatic heterocycles. The number of hydrogen-bond donors (Lipinski definition) is 0. The van der Waals surface area contributed by atoms with E-state index in [2.05, 4.69) is 218 Å². The molecule has 13 rings (SSSR count). The molecule has 0 saturated heterocycles. The average Bonchev–Trinajstić information content (AvgIpc) is 3.95. The number of para-hydroxylation sites is 1. The summed E-state index contributed by atoms with van der Waals surface area (Å²) in [6, 6.07) is 76.1. The summed E-state index contributed by atoms with van der Waals surface area (Å²) in [6.07, 6.45) is 0. The zero-order valence-electron chi connectivity index (χ0n) is 33.0. The molecule has 2 aliphatic carbocycles. The lowest BCUT2D eigenvalue weighted by atomic mass is 9.70. The second-order valence-corrected chi connectivity index (χ2v) is 16.4. The van der Waals surface area contributed by atoms with Gasteiger partial charge in [-0.25, -0.2) is 0 Å². The molecule has 2 heteroatoms. The third-order valence-electron chi connectivity index (χ3n) is 13.4. The third kappa shape index (κ3) is 4.42. The predicted octanol–water partition coefficient (Wildman–Crippen LogP) is 15.7. The lowest BCUT2D eigenvalue weighted by molar-refractivity contribution is 0.666. The number of benzene rings is 10. The van der Waals surface area contributed by atoms with Crippen LogP contribution in [0, 0.1) is 6.92 Å². The van der Waals surface area contributed by atoms with Crippen LogP contribution in [0.5, 0.6) is 0 Å². The first kappa shape index (κ1) is 33.3. The summed E-state index contributed by atoms with van der Waals surface area (Å²) >= 11 is 0. The minimum Gasteiger partial charge on any atom is -0.454 e. The number of aryl methyl sites for hydroxylation is 1. The molecular weight excluding hydrogens is 727 g/mol. The van der Waals surface area contributed by atoms with Crippen LogP contribution in [-0.4, -0.2) is 0 Å². The lowest BCUT2D eigenvalue weighted by Crippen LogP contribution is -2.26. The van der Waals surface area contributed by atoms with Crippen LogP contribution in [0.1, 0.15) is 27.8 Å². The zero-order valence-corrected chi connectivity index (χ0v) is 33.0. The highest BCUT2D eigenvalue weighted by molar-refractivity contribution is 6.23. The molecule has 2 nitrogen and oxygen atoms in total. The Morgan fingerprint density at radius 3 is 1.63 bits per heavy atom. The maximum atomic E-state index is 7.08. The summed E-state index contributed by atoms with van der Waals surface area (Å²) in [5.74, 6) is 0. The molecule has 0 aliphatic heterocycles. The topological polar surface area (TPSA) is 16.4 Å². The fourth-order valence-corrected chi connectivity index (χ4v) is 10.9. The number of fused-ring (bicyclic) bond motifs is 16. The monoisotopic (exact) mass is 763 g/mol. The summed E-state index contributed by atoms with van der Waals surface area (Å²) in [4.78, 5) is 2.43. The van der Waals surface area contributed by atoms with Crippen molar-refractivity contribution in [2.24, 2.45) is 0 Å². The molecule has 2 aliphatic rings.